The summed E-state index contributed by atoms with van der Waals surface area (Å²) in [4.78, 5) is 24.1. The van der Waals surface area contributed by atoms with E-state index in [0.717, 1.165) is 16.2 Å². The van der Waals surface area contributed by atoms with Crippen LogP contribution in [0.25, 0.3) is 0 Å². The Morgan fingerprint density at radius 2 is 1.95 bits per heavy atom. The summed E-state index contributed by atoms with van der Waals surface area (Å²) in [5.74, 6) is -0.674. The predicted molar refractivity (Wildman–Crippen MR) is 84.7 cm³/mol. The van der Waals surface area contributed by atoms with Crippen LogP contribution in [0.5, 0.6) is 5.75 Å². The van der Waals surface area contributed by atoms with Crippen molar-refractivity contribution >= 4 is 23.2 Å². The van der Waals surface area contributed by atoms with Gasteiger partial charge in [0.05, 0.1) is 18.2 Å². The molecule has 6 heteroatoms. The lowest BCUT2D eigenvalue weighted by atomic mass is 10.2. The first-order valence-electron chi connectivity index (χ1n) is 6.83. The van der Waals surface area contributed by atoms with E-state index < -0.39 is 5.97 Å². The molecule has 22 heavy (non-hydrogen) atoms. The fourth-order valence-corrected chi connectivity index (χ4v) is 2.65. The summed E-state index contributed by atoms with van der Waals surface area (Å²) in [6.45, 7) is 4.08. The second-order valence-corrected chi connectivity index (χ2v) is 6.08. The van der Waals surface area contributed by atoms with Gasteiger partial charge in [0.15, 0.2) is 0 Å². The lowest BCUT2D eigenvalue weighted by molar-refractivity contribution is 0.0702. The number of carbonyl (C=O) groups is 2. The van der Waals surface area contributed by atoms with Crippen LogP contribution in [0.4, 0.5) is 0 Å². The van der Waals surface area contributed by atoms with E-state index in [2.05, 4.69) is 5.32 Å². The summed E-state index contributed by atoms with van der Waals surface area (Å²) in [5, 5.41) is 11.7. The van der Waals surface area contributed by atoms with Crippen molar-refractivity contribution in [3.05, 3.63) is 51.7 Å². The highest BCUT2D eigenvalue weighted by Gasteiger charge is 2.13. The second-order valence-electron chi connectivity index (χ2n) is 4.92. The third-order valence-electron chi connectivity index (χ3n) is 2.79. The minimum Gasteiger partial charge on any atom is -0.490 e. The smallest absolute Gasteiger partial charge is 0.345 e. The Balaban J connectivity index is 2.04. The quantitative estimate of drug-likeness (QED) is 0.857. The molecule has 0 aliphatic rings. The SMILES string of the molecule is CC(C)Oc1ccccc1C(=O)NCc1ccc(C(=O)O)s1. The summed E-state index contributed by atoms with van der Waals surface area (Å²) in [6.07, 6.45) is -0.0237. The summed E-state index contributed by atoms with van der Waals surface area (Å²) >= 11 is 1.15. The number of hydrogen-bond donors (Lipinski definition) is 2. The normalized spacial score (nSPS) is 10.5. The molecule has 0 atom stereocenters. The number of carboxylic acids is 1. The molecule has 1 heterocycles. The molecule has 2 rings (SSSR count). The highest BCUT2D eigenvalue weighted by atomic mass is 32.1. The molecule has 0 aliphatic carbocycles. The number of rotatable bonds is 6. The summed E-state index contributed by atoms with van der Waals surface area (Å²) in [5.41, 5.74) is 0.464. The maximum absolute atomic E-state index is 12.3. The van der Waals surface area contributed by atoms with Gasteiger partial charge < -0.3 is 15.2 Å². The average Bonchev–Trinajstić information content (AvgIpc) is 2.94. The molecule has 0 radical (unpaired) electrons. The van der Waals surface area contributed by atoms with Gasteiger partial charge in [-0.1, -0.05) is 12.1 Å². The van der Waals surface area contributed by atoms with Crippen molar-refractivity contribution in [3.63, 3.8) is 0 Å². The molecule has 0 fully saturated rings. The fraction of sp³-hybridized carbons (Fsp3) is 0.250. The number of hydrogen-bond acceptors (Lipinski definition) is 4. The lowest BCUT2D eigenvalue weighted by Gasteiger charge is -2.13. The van der Waals surface area contributed by atoms with Gasteiger partial charge in [0.1, 0.15) is 10.6 Å². The zero-order valence-electron chi connectivity index (χ0n) is 12.3. The topological polar surface area (TPSA) is 75.6 Å². The number of para-hydroxylation sites is 1. The van der Waals surface area contributed by atoms with E-state index in [4.69, 9.17) is 9.84 Å². The molecule has 1 aromatic carbocycles. The van der Waals surface area contributed by atoms with Gasteiger partial charge in [-0.05, 0) is 38.1 Å². The highest BCUT2D eigenvalue weighted by Crippen LogP contribution is 2.20. The van der Waals surface area contributed by atoms with Crippen LogP contribution in [-0.4, -0.2) is 23.1 Å². The molecule has 5 nitrogen and oxygen atoms in total. The summed E-state index contributed by atoms with van der Waals surface area (Å²) in [6, 6.07) is 10.3. The van der Waals surface area contributed by atoms with Gasteiger partial charge in [0, 0.05) is 4.88 Å². The van der Waals surface area contributed by atoms with Gasteiger partial charge in [-0.25, -0.2) is 4.79 Å². The van der Waals surface area contributed by atoms with Crippen molar-refractivity contribution in [2.45, 2.75) is 26.5 Å². The maximum atomic E-state index is 12.3. The average molecular weight is 319 g/mol. The fourth-order valence-electron chi connectivity index (χ4n) is 1.86. The number of benzene rings is 1. The van der Waals surface area contributed by atoms with Crippen molar-refractivity contribution in [2.24, 2.45) is 0 Å². The molecule has 0 spiro atoms. The molecule has 1 aromatic heterocycles. The van der Waals surface area contributed by atoms with E-state index in [1.54, 1.807) is 24.3 Å². The number of thiophene rings is 1. The standard InChI is InChI=1S/C16H17NO4S/c1-10(2)21-13-6-4-3-5-12(13)15(18)17-9-11-7-8-14(22-11)16(19)20/h3-8,10H,9H2,1-2H3,(H,17,18)(H,19,20). The molecule has 0 saturated heterocycles. The van der Waals surface area contributed by atoms with Crippen molar-refractivity contribution < 1.29 is 19.4 Å². The molecule has 2 N–H and O–H groups in total. The Bertz CT molecular complexity index is 678. The second kappa shape index (κ2) is 7.09. The first-order valence-corrected chi connectivity index (χ1v) is 7.65. The Morgan fingerprint density at radius 3 is 2.59 bits per heavy atom. The number of aromatic carboxylic acids is 1. The Hall–Kier alpha value is -2.34. The van der Waals surface area contributed by atoms with Crippen LogP contribution in [0.1, 0.15) is 38.8 Å². The van der Waals surface area contributed by atoms with E-state index >= 15 is 0 Å². The monoisotopic (exact) mass is 319 g/mol. The van der Waals surface area contributed by atoms with Crippen molar-refractivity contribution in [3.8, 4) is 5.75 Å². The Kier molecular flexibility index (Phi) is 5.16. The number of ether oxygens (including phenoxy) is 1. The number of nitrogens with one attached hydrogen (secondary N) is 1. The summed E-state index contributed by atoms with van der Waals surface area (Å²) < 4.78 is 5.62. The minimum atomic E-state index is -0.960. The first-order chi connectivity index (χ1) is 10.5. The van der Waals surface area contributed by atoms with Gasteiger partial charge >= 0.3 is 5.97 Å². The van der Waals surface area contributed by atoms with E-state index in [9.17, 15) is 9.59 Å². The highest BCUT2D eigenvalue weighted by molar-refractivity contribution is 7.13. The third kappa shape index (κ3) is 4.08. The zero-order chi connectivity index (χ0) is 16.1. The first kappa shape index (κ1) is 16.0. The number of carbonyl (C=O) groups excluding carboxylic acids is 1. The van der Waals surface area contributed by atoms with Gasteiger partial charge in [-0.15, -0.1) is 11.3 Å². The van der Waals surface area contributed by atoms with Crippen LogP contribution in [-0.2, 0) is 6.54 Å². The zero-order valence-corrected chi connectivity index (χ0v) is 13.1. The molecule has 1 amide bonds. The van der Waals surface area contributed by atoms with Gasteiger partial charge in [0.25, 0.3) is 5.91 Å². The number of amides is 1. The van der Waals surface area contributed by atoms with Crippen molar-refractivity contribution in [1.29, 1.82) is 0 Å². The van der Waals surface area contributed by atoms with Crippen LogP contribution < -0.4 is 10.1 Å². The molecular weight excluding hydrogens is 302 g/mol. The van der Waals surface area contributed by atoms with Gasteiger partial charge in [-0.3, -0.25) is 4.79 Å². The van der Waals surface area contributed by atoms with Crippen LogP contribution >= 0.6 is 11.3 Å². The van der Waals surface area contributed by atoms with E-state index in [1.807, 2.05) is 19.9 Å². The van der Waals surface area contributed by atoms with Gasteiger partial charge in [0.2, 0.25) is 0 Å². The molecule has 0 bridgehead atoms. The molecular formula is C16H17NO4S. The minimum absolute atomic E-state index is 0.0237. The van der Waals surface area contributed by atoms with E-state index in [0.29, 0.717) is 11.3 Å². The van der Waals surface area contributed by atoms with Crippen LogP contribution in [0.3, 0.4) is 0 Å². The van der Waals surface area contributed by atoms with Gasteiger partial charge in [-0.2, -0.15) is 0 Å². The van der Waals surface area contributed by atoms with Crippen molar-refractivity contribution in [1.82, 2.24) is 5.32 Å². The lowest BCUT2D eigenvalue weighted by Crippen LogP contribution is -2.23. The van der Waals surface area contributed by atoms with E-state index in [1.165, 1.54) is 6.07 Å². The summed E-state index contributed by atoms with van der Waals surface area (Å²) in [7, 11) is 0. The Morgan fingerprint density at radius 1 is 1.23 bits per heavy atom. The molecule has 0 saturated carbocycles. The predicted octanol–water partition coefficient (Wildman–Crippen LogP) is 3.16. The van der Waals surface area contributed by atoms with E-state index in [-0.39, 0.29) is 23.4 Å². The van der Waals surface area contributed by atoms with Crippen LogP contribution in [0, 0.1) is 0 Å². The molecule has 2 aromatic rings. The maximum Gasteiger partial charge on any atom is 0.345 e. The molecule has 0 aliphatic heterocycles. The number of carboxylic acid groups (broad SMARTS) is 1. The molecule has 116 valence electrons. The largest absolute Gasteiger partial charge is 0.490 e. The molecule has 0 unspecified atom stereocenters. The van der Waals surface area contributed by atoms with Crippen LogP contribution in [0.2, 0.25) is 0 Å². The Labute approximate surface area is 132 Å². The third-order valence-corrected chi connectivity index (χ3v) is 3.86. The van der Waals surface area contributed by atoms with Crippen LogP contribution in [0.15, 0.2) is 36.4 Å². The van der Waals surface area contributed by atoms with Crippen molar-refractivity contribution in [2.75, 3.05) is 0 Å².